The Morgan fingerprint density at radius 2 is 1.53 bits per heavy atom. The van der Waals surface area contributed by atoms with Gasteiger partial charge in [-0.2, -0.15) is 26.3 Å². The second kappa shape index (κ2) is 13.8. The molecule has 3 aromatic heterocycles. The summed E-state index contributed by atoms with van der Waals surface area (Å²) in [6, 6.07) is 14.2. The average Bonchev–Trinajstić information content (AvgIpc) is 3.64. The summed E-state index contributed by atoms with van der Waals surface area (Å²) in [6.45, 7) is 3.40. The number of nitrogens with zero attached hydrogens (tertiary/aromatic N) is 5. The number of fused-ring (bicyclic) bond motifs is 2. The van der Waals surface area contributed by atoms with Gasteiger partial charge in [-0.3, -0.25) is 9.88 Å². The smallest absolute Gasteiger partial charge is 0.475 e. The predicted octanol–water partition coefficient (Wildman–Crippen LogP) is 4.36. The van der Waals surface area contributed by atoms with Crippen molar-refractivity contribution in [2.75, 3.05) is 26.5 Å². The van der Waals surface area contributed by atoms with Crippen molar-refractivity contribution in [1.29, 1.82) is 0 Å². The number of hydrogen-bond acceptors (Lipinski definition) is 9. The lowest BCUT2D eigenvalue weighted by atomic mass is 10.1. The zero-order valence-electron chi connectivity index (χ0n) is 22.8. The molecule has 1 atom stereocenters. The summed E-state index contributed by atoms with van der Waals surface area (Å²) in [7, 11) is 0. The second-order valence-corrected chi connectivity index (χ2v) is 9.35. The molecule has 2 aliphatic rings. The van der Waals surface area contributed by atoms with Crippen LogP contribution in [0.3, 0.4) is 0 Å². The van der Waals surface area contributed by atoms with Gasteiger partial charge in [-0.15, -0.1) is 5.10 Å². The Morgan fingerprint density at radius 3 is 2.18 bits per heavy atom. The maximum Gasteiger partial charge on any atom is 0.490 e. The van der Waals surface area contributed by atoms with E-state index in [2.05, 4.69) is 44.5 Å². The van der Waals surface area contributed by atoms with E-state index in [1.165, 1.54) is 5.56 Å². The molecule has 45 heavy (non-hydrogen) atoms. The SMILES string of the molecule is O=C(O)C(F)(F)F.O=C(O)C(F)(F)F.c1cc(-c2ccc3c(C4CN(Cc5ccc6c(c5)OCO6)CCO4)nnn3c2)ccn1. The predicted molar refractivity (Wildman–Crippen MR) is 140 cm³/mol. The number of benzene rings is 1. The molecule has 0 saturated carbocycles. The van der Waals surface area contributed by atoms with Crippen molar-refractivity contribution in [3.63, 3.8) is 0 Å². The van der Waals surface area contributed by atoms with Gasteiger partial charge in [0.05, 0.1) is 12.1 Å². The van der Waals surface area contributed by atoms with E-state index in [1.807, 2.05) is 28.9 Å². The van der Waals surface area contributed by atoms with Gasteiger partial charge >= 0.3 is 24.3 Å². The van der Waals surface area contributed by atoms with Crippen molar-refractivity contribution in [2.24, 2.45) is 0 Å². The maximum absolute atomic E-state index is 10.6. The quantitative estimate of drug-likeness (QED) is 0.306. The Kier molecular flexibility index (Phi) is 10.1. The fourth-order valence-electron chi connectivity index (χ4n) is 4.17. The van der Waals surface area contributed by atoms with E-state index < -0.39 is 24.3 Å². The van der Waals surface area contributed by atoms with Crippen LogP contribution in [0.4, 0.5) is 26.3 Å². The Balaban J connectivity index is 0.000000277. The summed E-state index contributed by atoms with van der Waals surface area (Å²) >= 11 is 0. The van der Waals surface area contributed by atoms with Gasteiger partial charge in [0, 0.05) is 43.8 Å². The van der Waals surface area contributed by atoms with Crippen molar-refractivity contribution in [2.45, 2.75) is 25.0 Å². The van der Waals surface area contributed by atoms with Crippen LogP contribution in [0.5, 0.6) is 11.5 Å². The van der Waals surface area contributed by atoms with E-state index in [0.717, 1.165) is 53.5 Å². The van der Waals surface area contributed by atoms with Gasteiger partial charge in [0.15, 0.2) is 11.5 Å². The number of carbonyl (C=O) groups is 2. The van der Waals surface area contributed by atoms with Crippen LogP contribution in [-0.4, -0.2) is 85.7 Å². The van der Waals surface area contributed by atoms with Crippen LogP contribution in [-0.2, 0) is 20.9 Å². The molecule has 0 bridgehead atoms. The molecule has 2 N–H and O–H groups in total. The number of pyridine rings is 2. The number of aliphatic carboxylic acids is 2. The summed E-state index contributed by atoms with van der Waals surface area (Å²) in [5.74, 6) is -3.89. The first-order valence-electron chi connectivity index (χ1n) is 12.8. The van der Waals surface area contributed by atoms with Crippen LogP contribution in [0.15, 0.2) is 61.1 Å². The number of carboxylic acids is 2. The number of carboxylic acid groups (broad SMARTS) is 2. The first kappa shape index (κ1) is 32.9. The third-order valence-corrected chi connectivity index (χ3v) is 6.24. The van der Waals surface area contributed by atoms with Crippen LogP contribution in [0.1, 0.15) is 17.4 Å². The number of halogens is 6. The minimum Gasteiger partial charge on any atom is -0.475 e. The molecule has 1 aromatic carbocycles. The van der Waals surface area contributed by atoms with Gasteiger partial charge in [-0.25, -0.2) is 14.1 Å². The number of rotatable bonds is 4. The van der Waals surface area contributed by atoms with Crippen molar-refractivity contribution < 1.29 is 60.4 Å². The molecule has 18 heteroatoms. The molecule has 1 unspecified atom stereocenters. The zero-order chi connectivity index (χ0) is 32.8. The van der Waals surface area contributed by atoms with E-state index in [0.29, 0.717) is 13.4 Å². The van der Waals surface area contributed by atoms with Gasteiger partial charge < -0.3 is 24.4 Å². The fraction of sp³-hybridized carbons (Fsp3) is 0.296. The third-order valence-electron chi connectivity index (χ3n) is 6.24. The Morgan fingerprint density at radius 1 is 0.889 bits per heavy atom. The lowest BCUT2D eigenvalue weighted by molar-refractivity contribution is -0.193. The van der Waals surface area contributed by atoms with Crippen LogP contribution in [0.25, 0.3) is 16.6 Å². The van der Waals surface area contributed by atoms with Crippen LogP contribution in [0, 0.1) is 0 Å². The van der Waals surface area contributed by atoms with Gasteiger partial charge in [0.2, 0.25) is 6.79 Å². The highest BCUT2D eigenvalue weighted by atomic mass is 19.4. The summed E-state index contributed by atoms with van der Waals surface area (Å²) in [6.07, 6.45) is -4.71. The zero-order valence-corrected chi connectivity index (χ0v) is 22.8. The summed E-state index contributed by atoms with van der Waals surface area (Å²) in [4.78, 5) is 24.3. The van der Waals surface area contributed by atoms with E-state index in [1.54, 1.807) is 12.4 Å². The highest BCUT2D eigenvalue weighted by Gasteiger charge is 2.39. The highest BCUT2D eigenvalue weighted by Crippen LogP contribution is 2.33. The molecule has 0 radical (unpaired) electrons. The third kappa shape index (κ3) is 8.79. The van der Waals surface area contributed by atoms with E-state index in [-0.39, 0.29) is 6.10 Å². The molecule has 6 rings (SSSR count). The highest BCUT2D eigenvalue weighted by molar-refractivity contribution is 5.73. The topological polar surface area (TPSA) is 149 Å². The van der Waals surface area contributed by atoms with Gasteiger partial charge in [0.25, 0.3) is 0 Å². The molecule has 12 nitrogen and oxygen atoms in total. The molecule has 0 amide bonds. The lowest BCUT2D eigenvalue weighted by Crippen LogP contribution is -2.38. The first-order valence-corrected chi connectivity index (χ1v) is 12.8. The molecule has 0 spiro atoms. The van der Waals surface area contributed by atoms with Crippen molar-refractivity contribution >= 4 is 17.5 Å². The first-order chi connectivity index (χ1) is 21.2. The Bertz CT molecular complexity index is 1610. The minimum atomic E-state index is -5.08. The maximum atomic E-state index is 10.6. The average molecular weight is 643 g/mol. The molecule has 4 aromatic rings. The van der Waals surface area contributed by atoms with Crippen LogP contribution < -0.4 is 9.47 Å². The number of aromatic nitrogens is 4. The molecule has 1 saturated heterocycles. The van der Waals surface area contributed by atoms with Gasteiger partial charge in [0.1, 0.15) is 11.8 Å². The van der Waals surface area contributed by atoms with Crippen molar-refractivity contribution in [3.05, 3.63) is 72.3 Å². The fourth-order valence-corrected chi connectivity index (χ4v) is 4.17. The number of morpholine rings is 1. The van der Waals surface area contributed by atoms with E-state index in [9.17, 15) is 26.3 Å². The van der Waals surface area contributed by atoms with Crippen molar-refractivity contribution in [1.82, 2.24) is 24.7 Å². The monoisotopic (exact) mass is 643 g/mol. The normalized spacial score (nSPS) is 16.3. The molecular formula is C27H23F6N5O7. The summed E-state index contributed by atoms with van der Waals surface area (Å²) in [5, 5.41) is 23.1. The van der Waals surface area contributed by atoms with Crippen LogP contribution in [0.2, 0.25) is 0 Å². The van der Waals surface area contributed by atoms with Gasteiger partial charge in [-0.05, 0) is 41.5 Å². The largest absolute Gasteiger partial charge is 0.490 e. The molecule has 2 aliphatic heterocycles. The van der Waals surface area contributed by atoms with E-state index in [4.69, 9.17) is 34.0 Å². The minimum absolute atomic E-state index is 0.118. The Labute approximate surface area is 249 Å². The number of alkyl halides is 6. The molecular weight excluding hydrogens is 620 g/mol. The molecule has 1 fully saturated rings. The standard InChI is InChI=1S/C23H21N5O3.2C2HF3O2/c1-4-20-21(31-15-30-20)11-16(1)12-27-9-10-29-22(14-27)23-19-3-2-18(13-28(19)26-25-23)17-5-7-24-8-6-17;2*3-2(4,5)1(6)7/h1-8,11,13,22H,9-10,12,14-15H2;2*(H,6,7). The van der Waals surface area contributed by atoms with Gasteiger partial charge in [-0.1, -0.05) is 17.3 Å². The van der Waals surface area contributed by atoms with Crippen molar-refractivity contribution in [3.8, 4) is 22.6 Å². The number of ether oxygens (including phenoxy) is 3. The second-order valence-electron chi connectivity index (χ2n) is 9.35. The Hall–Kier alpha value is -4.97. The molecule has 0 aliphatic carbocycles. The molecule has 5 heterocycles. The van der Waals surface area contributed by atoms with Crippen LogP contribution >= 0.6 is 0 Å². The molecule has 240 valence electrons. The summed E-state index contributed by atoms with van der Waals surface area (Å²) < 4.78 is 82.3. The number of hydrogen-bond donors (Lipinski definition) is 2. The summed E-state index contributed by atoms with van der Waals surface area (Å²) in [5.41, 5.74) is 5.20. The van der Waals surface area contributed by atoms with E-state index >= 15 is 0 Å². The lowest BCUT2D eigenvalue weighted by Gasteiger charge is -2.32.